The summed E-state index contributed by atoms with van der Waals surface area (Å²) in [5, 5.41) is -0.300. The molecule has 0 aliphatic carbocycles. The van der Waals surface area contributed by atoms with Crippen LogP contribution in [0.1, 0.15) is 10.6 Å². The van der Waals surface area contributed by atoms with Gasteiger partial charge in [-0.15, -0.1) is 23.1 Å². The summed E-state index contributed by atoms with van der Waals surface area (Å²) in [5.41, 5.74) is 9.19. The van der Waals surface area contributed by atoms with Crippen molar-refractivity contribution in [2.24, 2.45) is 5.73 Å². The van der Waals surface area contributed by atoms with Gasteiger partial charge in [0, 0.05) is 10.6 Å². The molecule has 0 bridgehead atoms. The smallest absolute Gasteiger partial charge is 0.355 e. The number of nitrogens with two attached hydrogens (primary N) is 1. The van der Waals surface area contributed by atoms with Crippen LogP contribution in [0.5, 0.6) is 0 Å². The monoisotopic (exact) mass is 395 g/mol. The maximum absolute atomic E-state index is 12.5. The lowest BCUT2D eigenvalue weighted by atomic mass is 10.0. The molecule has 3 rings (SSSR count). The van der Waals surface area contributed by atoms with Gasteiger partial charge in [-0.25, -0.2) is 14.6 Å². The van der Waals surface area contributed by atoms with Gasteiger partial charge in [0.15, 0.2) is 6.61 Å². The number of ether oxygens (including phenoxy) is 2. The quantitative estimate of drug-likeness (QED) is 0.572. The third-order valence-electron chi connectivity index (χ3n) is 4.00. The lowest BCUT2D eigenvalue weighted by Crippen LogP contribution is -2.68. The number of thioether (sulfide) groups is 1. The summed E-state index contributed by atoms with van der Waals surface area (Å²) >= 11 is 2.96. The van der Waals surface area contributed by atoms with Crippen molar-refractivity contribution in [1.29, 1.82) is 0 Å². The molecule has 1 saturated heterocycles. The van der Waals surface area contributed by atoms with E-state index in [4.69, 9.17) is 10.5 Å². The van der Waals surface area contributed by atoms with Crippen LogP contribution < -0.4 is 5.73 Å². The van der Waals surface area contributed by atoms with Gasteiger partial charge >= 0.3 is 11.9 Å². The van der Waals surface area contributed by atoms with E-state index in [0.717, 1.165) is 10.6 Å². The number of carbonyl (C=O) groups excluding carboxylic acids is 3. The Morgan fingerprint density at radius 2 is 2.23 bits per heavy atom. The molecule has 2 N–H and O–H groups in total. The first-order valence-corrected chi connectivity index (χ1v) is 9.62. The van der Waals surface area contributed by atoms with E-state index in [2.05, 4.69) is 9.72 Å². The predicted molar refractivity (Wildman–Crippen MR) is 97.0 cm³/mol. The summed E-state index contributed by atoms with van der Waals surface area (Å²) in [7, 11) is 1.20. The van der Waals surface area contributed by atoms with Gasteiger partial charge in [0.1, 0.15) is 17.1 Å². The second-order valence-electron chi connectivity index (χ2n) is 5.60. The molecule has 1 unspecified atom stereocenters. The normalized spacial score (nSPS) is 22.3. The van der Waals surface area contributed by atoms with Crippen molar-refractivity contribution in [2.45, 2.75) is 18.3 Å². The van der Waals surface area contributed by atoms with E-state index in [1.54, 1.807) is 11.6 Å². The number of aryl methyl sites for hydroxylation is 1. The number of aromatic nitrogens is 1. The largest absolute Gasteiger partial charge is 0.466 e. The first kappa shape index (κ1) is 18.6. The zero-order chi connectivity index (χ0) is 18.8. The van der Waals surface area contributed by atoms with Crippen molar-refractivity contribution in [3.63, 3.8) is 0 Å². The highest BCUT2D eigenvalue weighted by Gasteiger charge is 2.51. The molecule has 1 amide bonds. The average molecular weight is 395 g/mol. The van der Waals surface area contributed by atoms with E-state index >= 15 is 0 Å². The molecule has 2 aliphatic rings. The van der Waals surface area contributed by atoms with Crippen LogP contribution in [0.2, 0.25) is 0 Å². The number of esters is 2. The molecule has 0 saturated carbocycles. The number of methoxy groups -OCH3 is 1. The molecule has 0 aromatic carbocycles. The van der Waals surface area contributed by atoms with Crippen LogP contribution in [-0.4, -0.2) is 58.6 Å². The second-order valence-corrected chi connectivity index (χ2v) is 7.59. The van der Waals surface area contributed by atoms with E-state index in [9.17, 15) is 14.4 Å². The molecule has 1 aromatic rings. The van der Waals surface area contributed by atoms with Crippen molar-refractivity contribution in [3.8, 4) is 0 Å². The van der Waals surface area contributed by atoms with E-state index in [1.807, 2.05) is 13.0 Å². The summed E-state index contributed by atoms with van der Waals surface area (Å²) in [6.45, 7) is 1.37. The van der Waals surface area contributed by atoms with Crippen LogP contribution in [0.15, 0.2) is 22.9 Å². The predicted octanol–water partition coefficient (Wildman–Crippen LogP) is 0.677. The van der Waals surface area contributed by atoms with Gasteiger partial charge in [-0.2, -0.15) is 0 Å². The first-order chi connectivity index (χ1) is 12.4. The number of β-lactam (4-membered cyclic amide) rings is 1. The van der Waals surface area contributed by atoms with Crippen molar-refractivity contribution >= 4 is 47.0 Å². The summed E-state index contributed by atoms with van der Waals surface area (Å²) < 4.78 is 9.47. The molecule has 1 fully saturated rings. The third kappa shape index (κ3) is 3.39. The minimum absolute atomic E-state index is 0.128. The highest BCUT2D eigenvalue weighted by Crippen LogP contribution is 2.40. The summed E-state index contributed by atoms with van der Waals surface area (Å²) in [4.78, 5) is 42.4. The molecular formula is C16H17N3O5S2. The number of rotatable bonds is 5. The fourth-order valence-electron chi connectivity index (χ4n) is 2.56. The van der Waals surface area contributed by atoms with Crippen LogP contribution in [0.25, 0.3) is 6.08 Å². The standard InChI is InChI=1S/C16H17N3O5S2/c1-8-10(26-7-18-8)4-3-9-6-25-15-12(17)14(21)19(15)13(9)16(22)24-5-11(20)23-2/h3-4,7,12,15H,5-6,17H2,1-2H3/b4-3-/t12?,15-/m1/s1. The number of nitrogens with zero attached hydrogens (tertiary/aromatic N) is 2. The molecule has 0 spiro atoms. The van der Waals surface area contributed by atoms with Crippen molar-refractivity contribution in [2.75, 3.05) is 19.5 Å². The lowest BCUT2D eigenvalue weighted by Gasteiger charge is -2.48. The maximum Gasteiger partial charge on any atom is 0.355 e. The molecule has 26 heavy (non-hydrogen) atoms. The Hall–Kier alpha value is -2.17. The van der Waals surface area contributed by atoms with E-state index in [0.29, 0.717) is 11.3 Å². The number of hydrogen-bond donors (Lipinski definition) is 1. The molecule has 10 heteroatoms. The molecule has 2 aliphatic heterocycles. The number of hydrogen-bond acceptors (Lipinski definition) is 9. The second kappa shape index (κ2) is 7.60. The van der Waals surface area contributed by atoms with Crippen molar-refractivity contribution < 1.29 is 23.9 Å². The Morgan fingerprint density at radius 1 is 1.46 bits per heavy atom. The van der Waals surface area contributed by atoms with Gasteiger partial charge < -0.3 is 15.2 Å². The number of allylic oxidation sites excluding steroid dienone is 1. The van der Waals surface area contributed by atoms with Crippen molar-refractivity contribution in [1.82, 2.24) is 9.88 Å². The zero-order valence-electron chi connectivity index (χ0n) is 14.1. The van der Waals surface area contributed by atoms with E-state index in [1.165, 1.54) is 35.1 Å². The minimum Gasteiger partial charge on any atom is -0.466 e. The highest BCUT2D eigenvalue weighted by atomic mass is 32.2. The van der Waals surface area contributed by atoms with Gasteiger partial charge in [0.2, 0.25) is 5.91 Å². The Balaban J connectivity index is 1.89. The van der Waals surface area contributed by atoms with Crippen LogP contribution in [0.4, 0.5) is 0 Å². The van der Waals surface area contributed by atoms with Gasteiger partial charge in [-0.1, -0.05) is 6.08 Å². The topological polar surface area (TPSA) is 112 Å². The molecule has 2 atom stereocenters. The number of thiazole rings is 1. The fraction of sp³-hybridized carbons (Fsp3) is 0.375. The Morgan fingerprint density at radius 3 is 2.88 bits per heavy atom. The zero-order valence-corrected chi connectivity index (χ0v) is 15.8. The molecule has 8 nitrogen and oxygen atoms in total. The molecule has 1 aromatic heterocycles. The summed E-state index contributed by atoms with van der Waals surface area (Å²) in [5.74, 6) is -1.27. The van der Waals surface area contributed by atoms with Crippen LogP contribution in [0.3, 0.4) is 0 Å². The molecule has 0 radical (unpaired) electrons. The van der Waals surface area contributed by atoms with Gasteiger partial charge in [0.05, 0.1) is 18.3 Å². The van der Waals surface area contributed by atoms with Crippen LogP contribution in [-0.2, 0) is 23.9 Å². The van der Waals surface area contributed by atoms with E-state index in [-0.39, 0.29) is 17.0 Å². The lowest BCUT2D eigenvalue weighted by molar-refractivity contribution is -0.158. The van der Waals surface area contributed by atoms with Crippen LogP contribution in [0, 0.1) is 6.92 Å². The minimum atomic E-state index is -0.748. The average Bonchev–Trinajstić information content (AvgIpc) is 3.07. The number of fused-ring (bicyclic) bond motifs is 1. The Bertz CT molecular complexity index is 817. The van der Waals surface area contributed by atoms with Gasteiger partial charge in [-0.05, 0) is 18.6 Å². The molecular weight excluding hydrogens is 378 g/mol. The SMILES string of the molecule is COC(=O)COC(=O)C1=C(/C=C\c2scnc2C)CS[C@@H]2C(N)C(=O)N12. The fourth-order valence-corrected chi connectivity index (χ4v) is 4.52. The Labute approximate surface area is 158 Å². The maximum atomic E-state index is 12.5. The van der Waals surface area contributed by atoms with Crippen LogP contribution >= 0.6 is 23.1 Å². The number of carbonyl (C=O) groups is 3. The highest BCUT2D eigenvalue weighted by molar-refractivity contribution is 8.00. The third-order valence-corrected chi connectivity index (χ3v) is 6.22. The summed E-state index contributed by atoms with van der Waals surface area (Å²) in [6.07, 6.45) is 3.62. The summed E-state index contributed by atoms with van der Waals surface area (Å²) in [6, 6.07) is -0.641. The Kier molecular flexibility index (Phi) is 5.44. The van der Waals surface area contributed by atoms with Crippen molar-refractivity contribution in [3.05, 3.63) is 33.4 Å². The van der Waals surface area contributed by atoms with E-state index < -0.39 is 24.6 Å². The number of amides is 1. The van der Waals surface area contributed by atoms with Gasteiger partial charge in [0.25, 0.3) is 0 Å². The molecule has 138 valence electrons. The molecule has 3 heterocycles. The van der Waals surface area contributed by atoms with Gasteiger partial charge in [-0.3, -0.25) is 9.69 Å². The first-order valence-electron chi connectivity index (χ1n) is 7.69.